The van der Waals surface area contributed by atoms with E-state index in [-0.39, 0.29) is 11.9 Å². The van der Waals surface area contributed by atoms with Gasteiger partial charge in [-0.25, -0.2) is 0 Å². The summed E-state index contributed by atoms with van der Waals surface area (Å²) in [6.07, 6.45) is 4.27. The zero-order chi connectivity index (χ0) is 14.4. The second kappa shape index (κ2) is 7.29. The minimum absolute atomic E-state index is 0.118. The van der Waals surface area contributed by atoms with Crippen molar-refractivity contribution in [1.29, 1.82) is 0 Å². The first kappa shape index (κ1) is 14.9. The quantitative estimate of drug-likeness (QED) is 0.869. The average Bonchev–Trinajstić information content (AvgIpc) is 2.48. The fourth-order valence-corrected chi connectivity index (χ4v) is 2.45. The minimum atomic E-state index is -0.417. The summed E-state index contributed by atoms with van der Waals surface area (Å²) in [6, 6.07) is 7.02. The van der Waals surface area contributed by atoms with Crippen LogP contribution in [-0.4, -0.2) is 29.8 Å². The lowest BCUT2D eigenvalue weighted by molar-refractivity contribution is 0.0717. The van der Waals surface area contributed by atoms with Gasteiger partial charge < -0.3 is 15.2 Å². The number of hydrogen-bond donors (Lipinski definition) is 2. The van der Waals surface area contributed by atoms with Crippen LogP contribution in [0.15, 0.2) is 24.3 Å². The minimum Gasteiger partial charge on any atom is -0.494 e. The van der Waals surface area contributed by atoms with Gasteiger partial charge in [0, 0.05) is 5.56 Å². The molecule has 1 aromatic rings. The van der Waals surface area contributed by atoms with Gasteiger partial charge in [0.1, 0.15) is 5.75 Å². The van der Waals surface area contributed by atoms with Gasteiger partial charge in [0.25, 0.3) is 5.91 Å². The number of nitrogens with one attached hydrogen (secondary N) is 1. The van der Waals surface area contributed by atoms with Crippen molar-refractivity contribution in [3.8, 4) is 5.75 Å². The Kier molecular flexibility index (Phi) is 5.41. The molecule has 110 valence electrons. The Morgan fingerprint density at radius 1 is 1.30 bits per heavy atom. The lowest BCUT2D eigenvalue weighted by Gasteiger charge is -2.28. The topological polar surface area (TPSA) is 58.6 Å². The van der Waals surface area contributed by atoms with Gasteiger partial charge in [-0.15, -0.1) is 0 Å². The number of amides is 1. The number of carbonyl (C=O) groups excluding carboxylic acids is 1. The predicted octanol–water partition coefficient (Wildman–Crippen LogP) is 2.51. The van der Waals surface area contributed by atoms with Crippen molar-refractivity contribution in [3.05, 3.63) is 29.8 Å². The Morgan fingerprint density at radius 2 is 2.00 bits per heavy atom. The highest BCUT2D eigenvalue weighted by Crippen LogP contribution is 2.19. The van der Waals surface area contributed by atoms with Gasteiger partial charge >= 0.3 is 0 Å². The van der Waals surface area contributed by atoms with E-state index in [2.05, 4.69) is 12.2 Å². The SMILES string of the molecule is CCCOc1ccc(C(=O)N[C@@H]2CCCC[C@H]2O)cc1. The fourth-order valence-electron chi connectivity index (χ4n) is 2.45. The van der Waals surface area contributed by atoms with Gasteiger partial charge in [0.2, 0.25) is 0 Å². The summed E-state index contributed by atoms with van der Waals surface area (Å²) >= 11 is 0. The lowest BCUT2D eigenvalue weighted by Crippen LogP contribution is -2.45. The summed E-state index contributed by atoms with van der Waals surface area (Å²) < 4.78 is 5.49. The normalized spacial score (nSPS) is 22.3. The largest absolute Gasteiger partial charge is 0.494 e. The van der Waals surface area contributed by atoms with Gasteiger partial charge in [-0.05, 0) is 43.5 Å². The molecule has 0 heterocycles. The molecule has 4 heteroatoms. The number of aliphatic hydroxyl groups excluding tert-OH is 1. The van der Waals surface area contributed by atoms with Crippen molar-refractivity contribution in [2.24, 2.45) is 0 Å². The van der Waals surface area contributed by atoms with Crippen molar-refractivity contribution in [3.63, 3.8) is 0 Å². The highest BCUT2D eigenvalue weighted by Gasteiger charge is 2.24. The van der Waals surface area contributed by atoms with Crippen LogP contribution in [0.25, 0.3) is 0 Å². The van der Waals surface area contributed by atoms with Crippen LogP contribution in [-0.2, 0) is 0 Å². The summed E-state index contributed by atoms with van der Waals surface area (Å²) in [5, 5.41) is 12.8. The maximum absolute atomic E-state index is 12.1. The Morgan fingerprint density at radius 3 is 2.65 bits per heavy atom. The molecule has 1 aliphatic carbocycles. The molecule has 0 unspecified atom stereocenters. The Labute approximate surface area is 120 Å². The van der Waals surface area contributed by atoms with Crippen LogP contribution >= 0.6 is 0 Å². The standard InChI is InChI=1S/C16H23NO3/c1-2-11-20-13-9-7-12(8-10-13)16(19)17-14-5-3-4-6-15(14)18/h7-10,14-15,18H,2-6,11H2,1H3,(H,17,19)/t14-,15-/m1/s1. The highest BCUT2D eigenvalue weighted by atomic mass is 16.5. The van der Waals surface area contributed by atoms with Crippen molar-refractivity contribution in [2.45, 2.75) is 51.2 Å². The highest BCUT2D eigenvalue weighted by molar-refractivity contribution is 5.94. The van der Waals surface area contributed by atoms with Crippen LogP contribution in [0.5, 0.6) is 5.75 Å². The fraction of sp³-hybridized carbons (Fsp3) is 0.562. The number of hydrogen-bond acceptors (Lipinski definition) is 3. The molecule has 1 aromatic carbocycles. The molecule has 1 saturated carbocycles. The third-order valence-electron chi connectivity index (χ3n) is 3.64. The van der Waals surface area contributed by atoms with Crippen LogP contribution in [0.2, 0.25) is 0 Å². The Balaban J connectivity index is 1.91. The lowest BCUT2D eigenvalue weighted by atomic mass is 9.92. The second-order valence-corrected chi connectivity index (χ2v) is 5.30. The predicted molar refractivity (Wildman–Crippen MR) is 78.0 cm³/mol. The second-order valence-electron chi connectivity index (χ2n) is 5.30. The number of carbonyl (C=O) groups is 1. The van der Waals surface area contributed by atoms with E-state index in [1.54, 1.807) is 12.1 Å². The van der Waals surface area contributed by atoms with Gasteiger partial charge in [-0.3, -0.25) is 4.79 Å². The molecule has 2 N–H and O–H groups in total. The zero-order valence-electron chi connectivity index (χ0n) is 12.0. The molecule has 0 saturated heterocycles. The summed E-state index contributed by atoms with van der Waals surface area (Å²) in [6.45, 7) is 2.73. The molecule has 0 radical (unpaired) electrons. The first-order chi connectivity index (χ1) is 9.70. The maximum Gasteiger partial charge on any atom is 0.251 e. The van der Waals surface area contributed by atoms with Crippen molar-refractivity contribution in [1.82, 2.24) is 5.32 Å². The van der Waals surface area contributed by atoms with Crippen molar-refractivity contribution >= 4 is 5.91 Å². The van der Waals surface area contributed by atoms with E-state index in [4.69, 9.17) is 4.74 Å². The van der Waals surface area contributed by atoms with Crippen molar-refractivity contribution < 1.29 is 14.6 Å². The molecule has 20 heavy (non-hydrogen) atoms. The molecule has 2 rings (SSSR count). The number of ether oxygens (including phenoxy) is 1. The third kappa shape index (κ3) is 3.97. The molecule has 1 amide bonds. The molecule has 0 bridgehead atoms. The van der Waals surface area contributed by atoms with E-state index in [0.29, 0.717) is 12.2 Å². The first-order valence-electron chi connectivity index (χ1n) is 7.42. The number of benzene rings is 1. The van der Waals surface area contributed by atoms with E-state index in [1.807, 2.05) is 12.1 Å². The summed E-state index contributed by atoms with van der Waals surface area (Å²) in [5.74, 6) is 0.652. The molecule has 0 aliphatic heterocycles. The van der Waals surface area contributed by atoms with E-state index >= 15 is 0 Å². The van der Waals surface area contributed by atoms with E-state index in [0.717, 1.165) is 37.9 Å². The Hall–Kier alpha value is -1.55. The van der Waals surface area contributed by atoms with Crippen LogP contribution in [0.1, 0.15) is 49.4 Å². The number of rotatable bonds is 5. The van der Waals surface area contributed by atoms with Gasteiger partial charge in [-0.1, -0.05) is 19.8 Å². The van der Waals surface area contributed by atoms with Gasteiger partial charge in [0.05, 0.1) is 18.8 Å². The number of aliphatic hydroxyl groups is 1. The summed E-state index contributed by atoms with van der Waals surface area (Å²) in [4.78, 5) is 12.1. The molecule has 4 nitrogen and oxygen atoms in total. The molecule has 2 atom stereocenters. The summed E-state index contributed by atoms with van der Waals surface area (Å²) in [5.41, 5.74) is 0.603. The summed E-state index contributed by atoms with van der Waals surface area (Å²) in [7, 11) is 0. The molecular formula is C16H23NO3. The molecule has 1 fully saturated rings. The van der Waals surface area contributed by atoms with Crippen LogP contribution in [0.4, 0.5) is 0 Å². The zero-order valence-corrected chi connectivity index (χ0v) is 12.0. The molecule has 1 aliphatic rings. The maximum atomic E-state index is 12.1. The monoisotopic (exact) mass is 277 g/mol. The van der Waals surface area contributed by atoms with Gasteiger partial charge in [-0.2, -0.15) is 0 Å². The van der Waals surface area contributed by atoms with Crippen LogP contribution in [0, 0.1) is 0 Å². The van der Waals surface area contributed by atoms with Crippen LogP contribution < -0.4 is 10.1 Å². The smallest absolute Gasteiger partial charge is 0.251 e. The van der Waals surface area contributed by atoms with E-state index in [1.165, 1.54) is 0 Å². The first-order valence-corrected chi connectivity index (χ1v) is 7.42. The third-order valence-corrected chi connectivity index (χ3v) is 3.64. The Bertz CT molecular complexity index is 430. The van der Waals surface area contributed by atoms with Crippen molar-refractivity contribution in [2.75, 3.05) is 6.61 Å². The molecular weight excluding hydrogens is 254 g/mol. The molecule has 0 spiro atoms. The van der Waals surface area contributed by atoms with E-state index < -0.39 is 6.10 Å². The van der Waals surface area contributed by atoms with E-state index in [9.17, 15) is 9.90 Å². The van der Waals surface area contributed by atoms with Gasteiger partial charge in [0.15, 0.2) is 0 Å². The molecule has 0 aromatic heterocycles. The van der Waals surface area contributed by atoms with Crippen LogP contribution in [0.3, 0.4) is 0 Å². The average molecular weight is 277 g/mol.